The van der Waals surface area contributed by atoms with Gasteiger partial charge in [0.25, 0.3) is 11.5 Å². The van der Waals surface area contributed by atoms with Crippen LogP contribution < -0.4 is 16.6 Å². The molecule has 3 N–H and O–H groups in total. The average Bonchev–Trinajstić information content (AvgIpc) is 2.77. The molecule has 0 spiro atoms. The number of amides is 2. The Bertz CT molecular complexity index is 1370. The number of carbonyl (C=O) groups excluding carboxylic acids is 2. The number of aromatic nitrogens is 2. The van der Waals surface area contributed by atoms with Crippen LogP contribution in [0.2, 0.25) is 0 Å². The van der Waals surface area contributed by atoms with Crippen LogP contribution >= 0.6 is 0 Å². The van der Waals surface area contributed by atoms with Crippen LogP contribution in [0.15, 0.2) is 77.6 Å². The number of hydrogen-bond acceptors (Lipinski definition) is 4. The molecule has 4 rings (SSSR count). The zero-order valence-corrected chi connectivity index (χ0v) is 16.2. The summed E-state index contributed by atoms with van der Waals surface area (Å²) in [5.74, 6) is -2.21. The molecule has 8 heteroatoms. The number of halogens is 1. The van der Waals surface area contributed by atoms with Gasteiger partial charge in [-0.15, -0.1) is 0 Å². The SMILES string of the molecule is NC(=O)c1ccc(F)c(NC(=O)c2nn(Cc3ccccc3)c(=O)c3ccccc23)c1. The van der Waals surface area contributed by atoms with E-state index in [1.165, 1.54) is 10.7 Å². The number of primary amides is 1. The Morgan fingerprint density at radius 2 is 1.65 bits per heavy atom. The molecule has 0 saturated heterocycles. The van der Waals surface area contributed by atoms with E-state index in [-0.39, 0.29) is 29.0 Å². The van der Waals surface area contributed by atoms with Gasteiger partial charge in [-0.05, 0) is 29.8 Å². The maximum atomic E-state index is 14.2. The summed E-state index contributed by atoms with van der Waals surface area (Å²) < 4.78 is 15.4. The van der Waals surface area contributed by atoms with Crippen LogP contribution in [0.3, 0.4) is 0 Å². The highest BCUT2D eigenvalue weighted by atomic mass is 19.1. The quantitative estimate of drug-likeness (QED) is 0.522. The second-order valence-electron chi connectivity index (χ2n) is 6.86. The number of benzene rings is 3. The van der Waals surface area contributed by atoms with E-state index in [4.69, 9.17) is 5.73 Å². The first-order chi connectivity index (χ1) is 14.9. The van der Waals surface area contributed by atoms with Crippen LogP contribution in [0.25, 0.3) is 10.8 Å². The molecule has 0 bridgehead atoms. The fraction of sp³-hybridized carbons (Fsp3) is 0.0435. The molecule has 0 aliphatic carbocycles. The van der Waals surface area contributed by atoms with Gasteiger partial charge in [-0.3, -0.25) is 14.4 Å². The molecule has 3 aromatic carbocycles. The normalized spacial score (nSPS) is 10.7. The smallest absolute Gasteiger partial charge is 0.276 e. The van der Waals surface area contributed by atoms with Gasteiger partial charge in [0.05, 0.1) is 17.6 Å². The summed E-state index contributed by atoms with van der Waals surface area (Å²) in [6, 6.07) is 19.2. The van der Waals surface area contributed by atoms with Crippen molar-refractivity contribution in [2.45, 2.75) is 6.54 Å². The molecule has 1 heterocycles. The summed E-state index contributed by atoms with van der Waals surface area (Å²) in [7, 11) is 0. The molecule has 0 aliphatic rings. The van der Waals surface area contributed by atoms with E-state index >= 15 is 0 Å². The lowest BCUT2D eigenvalue weighted by molar-refractivity contribution is 0.0995. The third kappa shape index (κ3) is 4.04. The minimum Gasteiger partial charge on any atom is -0.366 e. The van der Waals surface area contributed by atoms with Crippen LogP contribution in [0.1, 0.15) is 26.4 Å². The molecule has 4 aromatic rings. The maximum absolute atomic E-state index is 14.2. The molecular weight excluding hydrogens is 399 g/mol. The van der Waals surface area contributed by atoms with Gasteiger partial charge in [-0.2, -0.15) is 5.10 Å². The predicted octanol–water partition coefficient (Wildman–Crippen LogP) is 2.94. The Morgan fingerprint density at radius 3 is 2.35 bits per heavy atom. The minimum absolute atomic E-state index is 0.0450. The molecule has 0 fully saturated rings. The fourth-order valence-electron chi connectivity index (χ4n) is 3.22. The highest BCUT2D eigenvalue weighted by Gasteiger charge is 2.19. The van der Waals surface area contributed by atoms with Crippen molar-refractivity contribution in [1.29, 1.82) is 0 Å². The van der Waals surface area contributed by atoms with E-state index < -0.39 is 17.6 Å². The van der Waals surface area contributed by atoms with Crippen molar-refractivity contribution in [3.63, 3.8) is 0 Å². The molecule has 0 atom stereocenters. The van der Waals surface area contributed by atoms with Crippen LogP contribution in [0, 0.1) is 5.82 Å². The number of fused-ring (bicyclic) bond motifs is 1. The Labute approximate surface area is 175 Å². The third-order valence-electron chi connectivity index (χ3n) is 4.76. The van der Waals surface area contributed by atoms with Crippen molar-refractivity contribution in [2.75, 3.05) is 5.32 Å². The second-order valence-corrected chi connectivity index (χ2v) is 6.86. The molecule has 7 nitrogen and oxygen atoms in total. The fourth-order valence-corrected chi connectivity index (χ4v) is 3.22. The maximum Gasteiger partial charge on any atom is 0.276 e. The largest absolute Gasteiger partial charge is 0.366 e. The van der Waals surface area contributed by atoms with Crippen molar-refractivity contribution < 1.29 is 14.0 Å². The number of nitrogens with zero attached hydrogens (tertiary/aromatic N) is 2. The van der Waals surface area contributed by atoms with Crippen molar-refractivity contribution in [3.05, 3.63) is 106 Å². The molecule has 1 aromatic heterocycles. The Morgan fingerprint density at radius 1 is 0.968 bits per heavy atom. The summed E-state index contributed by atoms with van der Waals surface area (Å²) in [4.78, 5) is 37.3. The van der Waals surface area contributed by atoms with Gasteiger partial charge in [-0.25, -0.2) is 9.07 Å². The summed E-state index contributed by atoms with van der Waals surface area (Å²) in [6.45, 7) is 0.163. The van der Waals surface area contributed by atoms with Crippen LogP contribution in [0.5, 0.6) is 0 Å². The van der Waals surface area contributed by atoms with E-state index in [1.807, 2.05) is 30.3 Å². The standard InChI is InChI=1S/C23H17FN4O3/c24-18-11-10-15(21(25)29)12-19(18)26-22(30)20-16-8-4-5-9-17(16)23(31)28(27-20)13-14-6-2-1-3-7-14/h1-12H,13H2,(H2,25,29)(H,26,30). The van der Waals surface area contributed by atoms with Crippen molar-refractivity contribution in [3.8, 4) is 0 Å². The Balaban J connectivity index is 1.79. The average molecular weight is 416 g/mol. The molecular formula is C23H17FN4O3. The molecule has 2 amide bonds. The van der Waals surface area contributed by atoms with Gasteiger partial charge in [0.1, 0.15) is 5.82 Å². The minimum atomic E-state index is -0.754. The van der Waals surface area contributed by atoms with Crippen LogP contribution in [0.4, 0.5) is 10.1 Å². The number of carbonyl (C=O) groups is 2. The van der Waals surface area contributed by atoms with E-state index in [0.717, 1.165) is 17.7 Å². The Hall–Kier alpha value is -4.33. The summed E-state index contributed by atoms with van der Waals surface area (Å²) in [5.41, 5.74) is 5.50. The van der Waals surface area contributed by atoms with Crippen molar-refractivity contribution in [2.24, 2.45) is 5.73 Å². The van der Waals surface area contributed by atoms with Crippen molar-refractivity contribution >= 4 is 28.3 Å². The number of nitrogens with two attached hydrogens (primary N) is 1. The van der Waals surface area contributed by atoms with Gasteiger partial charge < -0.3 is 11.1 Å². The van der Waals surface area contributed by atoms with Crippen LogP contribution in [-0.2, 0) is 6.54 Å². The highest BCUT2D eigenvalue weighted by Crippen LogP contribution is 2.19. The molecule has 0 unspecified atom stereocenters. The van der Waals surface area contributed by atoms with E-state index in [2.05, 4.69) is 10.4 Å². The first-order valence-electron chi connectivity index (χ1n) is 9.38. The number of nitrogens with one attached hydrogen (secondary N) is 1. The summed E-state index contributed by atoms with van der Waals surface area (Å²) >= 11 is 0. The Kier molecular flexibility index (Phi) is 5.28. The lowest BCUT2D eigenvalue weighted by atomic mass is 10.1. The van der Waals surface area contributed by atoms with Crippen molar-refractivity contribution in [1.82, 2.24) is 9.78 Å². The van der Waals surface area contributed by atoms with Gasteiger partial charge in [0.15, 0.2) is 5.69 Å². The van der Waals surface area contributed by atoms with Gasteiger partial charge in [0.2, 0.25) is 5.91 Å². The van der Waals surface area contributed by atoms with Gasteiger partial charge >= 0.3 is 0 Å². The highest BCUT2D eigenvalue weighted by molar-refractivity contribution is 6.11. The van der Waals surface area contributed by atoms with Gasteiger partial charge in [-0.1, -0.05) is 48.5 Å². The molecule has 0 aliphatic heterocycles. The van der Waals surface area contributed by atoms with Gasteiger partial charge in [0, 0.05) is 10.9 Å². The monoisotopic (exact) mass is 416 g/mol. The predicted molar refractivity (Wildman–Crippen MR) is 114 cm³/mol. The molecule has 31 heavy (non-hydrogen) atoms. The second kappa shape index (κ2) is 8.19. The molecule has 0 saturated carbocycles. The zero-order valence-electron chi connectivity index (χ0n) is 16.2. The topological polar surface area (TPSA) is 107 Å². The zero-order chi connectivity index (χ0) is 22.0. The summed E-state index contributed by atoms with van der Waals surface area (Å²) in [6.07, 6.45) is 0. The van der Waals surface area contributed by atoms with E-state index in [9.17, 15) is 18.8 Å². The first kappa shape index (κ1) is 20.0. The number of anilines is 1. The molecule has 154 valence electrons. The lowest BCUT2D eigenvalue weighted by Gasteiger charge is -2.12. The van der Waals surface area contributed by atoms with E-state index in [1.54, 1.807) is 24.3 Å². The van der Waals surface area contributed by atoms with E-state index in [0.29, 0.717) is 10.8 Å². The van der Waals surface area contributed by atoms with Crippen LogP contribution in [-0.4, -0.2) is 21.6 Å². The third-order valence-corrected chi connectivity index (χ3v) is 4.76. The summed E-state index contributed by atoms with van der Waals surface area (Å²) in [5, 5.41) is 7.33. The molecule has 0 radical (unpaired) electrons. The first-order valence-corrected chi connectivity index (χ1v) is 9.38. The number of rotatable bonds is 5. The number of hydrogen-bond donors (Lipinski definition) is 2. The lowest BCUT2D eigenvalue weighted by Crippen LogP contribution is -2.28.